The number of urea groups is 1. The highest BCUT2D eigenvalue weighted by atomic mass is 35.5. The highest BCUT2D eigenvalue weighted by Gasteiger charge is 2.22. The van der Waals surface area contributed by atoms with Gasteiger partial charge in [0.15, 0.2) is 0 Å². The van der Waals surface area contributed by atoms with Crippen molar-refractivity contribution in [2.45, 2.75) is 32.9 Å². The SMILES string of the molecule is Cc1ccc(CNC(=O)NC(C)(C)c2ccc(Cl)cc2)cc1. The van der Waals surface area contributed by atoms with Crippen molar-refractivity contribution in [3.8, 4) is 0 Å². The van der Waals surface area contributed by atoms with Crippen molar-refractivity contribution in [1.29, 1.82) is 0 Å². The second-order valence-electron chi connectivity index (χ2n) is 5.93. The smallest absolute Gasteiger partial charge is 0.315 e. The normalized spacial score (nSPS) is 11.1. The molecule has 4 heteroatoms. The number of carbonyl (C=O) groups excluding carboxylic acids is 1. The number of benzene rings is 2. The van der Waals surface area contributed by atoms with Crippen molar-refractivity contribution in [2.75, 3.05) is 0 Å². The number of halogens is 1. The van der Waals surface area contributed by atoms with Gasteiger partial charge in [0.05, 0.1) is 5.54 Å². The Labute approximate surface area is 136 Å². The molecule has 0 unspecified atom stereocenters. The third-order valence-corrected chi connectivity index (χ3v) is 3.82. The van der Waals surface area contributed by atoms with Crippen molar-refractivity contribution in [2.24, 2.45) is 0 Å². The maximum atomic E-state index is 12.1. The van der Waals surface area contributed by atoms with Crippen molar-refractivity contribution in [3.05, 3.63) is 70.2 Å². The summed E-state index contributed by atoms with van der Waals surface area (Å²) >= 11 is 5.90. The molecule has 0 saturated heterocycles. The highest BCUT2D eigenvalue weighted by molar-refractivity contribution is 6.30. The zero-order valence-corrected chi connectivity index (χ0v) is 13.9. The summed E-state index contributed by atoms with van der Waals surface area (Å²) in [7, 11) is 0. The summed E-state index contributed by atoms with van der Waals surface area (Å²) in [5, 5.41) is 6.54. The summed E-state index contributed by atoms with van der Waals surface area (Å²) in [5.41, 5.74) is 2.81. The lowest BCUT2D eigenvalue weighted by molar-refractivity contribution is 0.229. The standard InChI is InChI=1S/C18H21ClN2O/c1-13-4-6-14(7-5-13)12-20-17(22)21-18(2,3)15-8-10-16(19)11-9-15/h4-11H,12H2,1-3H3,(H2,20,21,22). The van der Waals surface area contributed by atoms with Crippen LogP contribution in [0.5, 0.6) is 0 Å². The first-order valence-electron chi connectivity index (χ1n) is 7.24. The molecular weight excluding hydrogens is 296 g/mol. The van der Waals surface area contributed by atoms with Crippen molar-refractivity contribution in [3.63, 3.8) is 0 Å². The molecule has 0 aliphatic rings. The van der Waals surface area contributed by atoms with Crippen LogP contribution in [0.2, 0.25) is 5.02 Å². The molecule has 0 aliphatic heterocycles. The second kappa shape index (κ2) is 6.84. The fraction of sp³-hybridized carbons (Fsp3) is 0.278. The predicted octanol–water partition coefficient (Wildman–Crippen LogP) is 4.38. The summed E-state index contributed by atoms with van der Waals surface area (Å²) < 4.78 is 0. The maximum Gasteiger partial charge on any atom is 0.315 e. The van der Waals surface area contributed by atoms with Crippen LogP contribution in [0.1, 0.15) is 30.5 Å². The Morgan fingerprint density at radius 2 is 1.64 bits per heavy atom. The zero-order chi connectivity index (χ0) is 16.2. The molecule has 0 aromatic heterocycles. The number of nitrogens with one attached hydrogen (secondary N) is 2. The monoisotopic (exact) mass is 316 g/mol. The van der Waals surface area contributed by atoms with Crippen LogP contribution in [-0.2, 0) is 12.1 Å². The first kappa shape index (κ1) is 16.4. The number of hydrogen-bond donors (Lipinski definition) is 2. The van der Waals surface area contributed by atoms with Crippen molar-refractivity contribution < 1.29 is 4.79 Å². The molecule has 0 aliphatic carbocycles. The molecule has 0 heterocycles. The third kappa shape index (κ3) is 4.50. The van der Waals surface area contributed by atoms with Gasteiger partial charge in [-0.2, -0.15) is 0 Å². The van der Waals surface area contributed by atoms with Crippen LogP contribution < -0.4 is 10.6 Å². The molecule has 0 atom stereocenters. The molecular formula is C18H21ClN2O. The fourth-order valence-corrected chi connectivity index (χ4v) is 2.28. The Balaban J connectivity index is 1.92. The first-order valence-corrected chi connectivity index (χ1v) is 7.62. The number of aryl methyl sites for hydroxylation is 1. The molecule has 2 aromatic rings. The molecule has 116 valence electrons. The zero-order valence-electron chi connectivity index (χ0n) is 13.1. The summed E-state index contributed by atoms with van der Waals surface area (Å²) in [4.78, 5) is 12.1. The van der Waals surface area contributed by atoms with Gasteiger partial charge in [0.25, 0.3) is 0 Å². The first-order chi connectivity index (χ1) is 10.4. The van der Waals surface area contributed by atoms with E-state index in [-0.39, 0.29) is 6.03 Å². The van der Waals surface area contributed by atoms with E-state index in [1.165, 1.54) is 5.56 Å². The number of amides is 2. The van der Waals surface area contributed by atoms with Crippen LogP contribution in [0, 0.1) is 6.92 Å². The summed E-state index contributed by atoms with van der Waals surface area (Å²) in [6.07, 6.45) is 0. The molecule has 22 heavy (non-hydrogen) atoms. The van der Waals surface area contributed by atoms with E-state index in [1.807, 2.05) is 69.3 Å². The van der Waals surface area contributed by atoms with E-state index in [4.69, 9.17) is 11.6 Å². The summed E-state index contributed by atoms with van der Waals surface area (Å²) in [6.45, 7) is 6.46. The van der Waals surface area contributed by atoms with Crippen molar-refractivity contribution in [1.82, 2.24) is 10.6 Å². The Hall–Kier alpha value is -2.00. The Bertz CT molecular complexity index is 633. The van der Waals surface area contributed by atoms with Crippen LogP contribution in [0.15, 0.2) is 48.5 Å². The van der Waals surface area contributed by atoms with E-state index in [0.29, 0.717) is 11.6 Å². The van der Waals surface area contributed by atoms with Crippen LogP contribution in [0.25, 0.3) is 0 Å². The Kier molecular flexibility index (Phi) is 5.09. The minimum Gasteiger partial charge on any atom is -0.334 e. The van der Waals surface area contributed by atoms with E-state index in [1.54, 1.807) is 0 Å². The predicted molar refractivity (Wildman–Crippen MR) is 91.0 cm³/mol. The van der Waals surface area contributed by atoms with Gasteiger partial charge in [-0.3, -0.25) is 0 Å². The Morgan fingerprint density at radius 1 is 1.05 bits per heavy atom. The van der Waals surface area contributed by atoms with Crippen LogP contribution in [-0.4, -0.2) is 6.03 Å². The summed E-state index contributed by atoms with van der Waals surface area (Å²) in [5.74, 6) is 0. The maximum absolute atomic E-state index is 12.1. The Morgan fingerprint density at radius 3 is 2.23 bits per heavy atom. The second-order valence-corrected chi connectivity index (χ2v) is 6.36. The van der Waals surface area contributed by atoms with Gasteiger partial charge >= 0.3 is 6.03 Å². The van der Waals surface area contributed by atoms with Gasteiger partial charge in [-0.1, -0.05) is 53.6 Å². The molecule has 0 bridgehead atoms. The number of carbonyl (C=O) groups is 1. The summed E-state index contributed by atoms with van der Waals surface area (Å²) in [6, 6.07) is 15.4. The number of hydrogen-bond acceptors (Lipinski definition) is 1. The molecule has 2 rings (SSSR count). The molecule has 2 N–H and O–H groups in total. The van der Waals surface area contributed by atoms with Gasteiger partial charge in [0.2, 0.25) is 0 Å². The van der Waals surface area contributed by atoms with Gasteiger partial charge in [-0.05, 0) is 44.0 Å². The van der Waals surface area contributed by atoms with Gasteiger partial charge in [-0.15, -0.1) is 0 Å². The topological polar surface area (TPSA) is 41.1 Å². The van der Waals surface area contributed by atoms with E-state index in [0.717, 1.165) is 11.1 Å². The quantitative estimate of drug-likeness (QED) is 0.863. The van der Waals surface area contributed by atoms with Crippen molar-refractivity contribution >= 4 is 17.6 Å². The minimum atomic E-state index is -0.470. The van der Waals surface area contributed by atoms with Gasteiger partial charge in [0.1, 0.15) is 0 Å². The lowest BCUT2D eigenvalue weighted by Crippen LogP contribution is -2.46. The third-order valence-electron chi connectivity index (χ3n) is 3.57. The average molecular weight is 317 g/mol. The lowest BCUT2D eigenvalue weighted by Gasteiger charge is -2.27. The largest absolute Gasteiger partial charge is 0.334 e. The van der Waals surface area contributed by atoms with E-state index < -0.39 is 5.54 Å². The molecule has 3 nitrogen and oxygen atoms in total. The molecule has 0 radical (unpaired) electrons. The van der Waals surface area contributed by atoms with E-state index in [9.17, 15) is 4.79 Å². The molecule has 0 fully saturated rings. The molecule has 0 saturated carbocycles. The van der Waals surface area contributed by atoms with Gasteiger partial charge in [0, 0.05) is 11.6 Å². The minimum absolute atomic E-state index is 0.194. The molecule has 2 amide bonds. The lowest BCUT2D eigenvalue weighted by atomic mass is 9.94. The molecule has 2 aromatic carbocycles. The van der Waals surface area contributed by atoms with Crippen LogP contribution in [0.4, 0.5) is 4.79 Å². The van der Waals surface area contributed by atoms with Crippen LogP contribution in [0.3, 0.4) is 0 Å². The van der Waals surface area contributed by atoms with E-state index >= 15 is 0 Å². The van der Waals surface area contributed by atoms with Gasteiger partial charge in [-0.25, -0.2) is 4.79 Å². The molecule has 0 spiro atoms. The fourth-order valence-electron chi connectivity index (χ4n) is 2.16. The van der Waals surface area contributed by atoms with Crippen LogP contribution >= 0.6 is 11.6 Å². The van der Waals surface area contributed by atoms with Gasteiger partial charge < -0.3 is 10.6 Å². The highest BCUT2D eigenvalue weighted by Crippen LogP contribution is 2.21. The number of rotatable bonds is 4. The average Bonchev–Trinajstić information content (AvgIpc) is 2.46. The van der Waals surface area contributed by atoms with E-state index in [2.05, 4.69) is 10.6 Å².